The molecule has 1 nitrogen and oxygen atoms in total. The molecule has 1 atom stereocenters. The Hall–Kier alpha value is -0.0200. The van der Waals surface area contributed by atoms with E-state index in [-0.39, 0.29) is 17.0 Å². The summed E-state index contributed by atoms with van der Waals surface area (Å²) >= 11 is 3.55. The first-order valence-electron chi connectivity index (χ1n) is 4.76. The van der Waals surface area contributed by atoms with Crippen LogP contribution < -0.4 is 4.90 Å². The molecule has 0 amide bonds. The third kappa shape index (κ3) is 2.74. The van der Waals surface area contributed by atoms with Crippen LogP contribution in [0.15, 0.2) is 30.3 Å². The van der Waals surface area contributed by atoms with E-state index in [9.17, 15) is 0 Å². The Morgan fingerprint density at radius 2 is 2.00 bits per heavy atom. The number of anilines is 1. The van der Waals surface area contributed by atoms with Gasteiger partial charge in [-0.05, 0) is 24.5 Å². The molecule has 14 heavy (non-hydrogen) atoms. The number of nitrogens with zero attached hydrogens (tertiary/aromatic N) is 1. The van der Waals surface area contributed by atoms with E-state index in [1.54, 1.807) is 0 Å². The summed E-state index contributed by atoms with van der Waals surface area (Å²) in [6.07, 6.45) is 1.32. The first-order chi connectivity index (χ1) is 6.40. The molecule has 1 aliphatic rings. The van der Waals surface area contributed by atoms with E-state index in [1.807, 2.05) is 0 Å². The molecule has 1 saturated heterocycles. The van der Waals surface area contributed by atoms with E-state index in [0.29, 0.717) is 0 Å². The Kier molecular flexibility index (Phi) is 4.96. The number of benzene rings is 1. The minimum absolute atomic E-state index is 0. The van der Waals surface area contributed by atoms with Gasteiger partial charge in [0.25, 0.3) is 0 Å². The maximum absolute atomic E-state index is 3.55. The van der Waals surface area contributed by atoms with Crippen LogP contribution in [-0.2, 0) is 0 Å². The second kappa shape index (κ2) is 5.76. The van der Waals surface area contributed by atoms with Gasteiger partial charge in [0.15, 0.2) is 0 Å². The Balaban J connectivity index is 0.000000980. The molecule has 0 radical (unpaired) electrons. The summed E-state index contributed by atoms with van der Waals surface area (Å²) in [4.78, 5) is 2.46. The van der Waals surface area contributed by atoms with Gasteiger partial charge in [-0.3, -0.25) is 0 Å². The van der Waals surface area contributed by atoms with Crippen LogP contribution in [0, 0.1) is 5.92 Å². The highest BCUT2D eigenvalue weighted by Gasteiger charge is 2.20. The number of hydrogen-bond acceptors (Lipinski definition) is 1. The molecule has 1 aromatic carbocycles. The lowest BCUT2D eigenvalue weighted by atomic mass is 10.2. The predicted molar refractivity (Wildman–Crippen MR) is 70.9 cm³/mol. The average Bonchev–Trinajstić information content (AvgIpc) is 2.67. The zero-order valence-electron chi connectivity index (χ0n) is 8.03. The van der Waals surface area contributed by atoms with E-state index >= 15 is 0 Å². The summed E-state index contributed by atoms with van der Waals surface area (Å²) in [5, 5.41) is 1.14. The van der Waals surface area contributed by atoms with E-state index in [0.717, 1.165) is 11.2 Å². The molecular weight excluding hydrogens is 306 g/mol. The molecule has 1 unspecified atom stereocenters. The largest absolute Gasteiger partial charge is 0.371 e. The van der Waals surface area contributed by atoms with E-state index < -0.39 is 0 Å². The van der Waals surface area contributed by atoms with Crippen molar-refractivity contribution in [2.24, 2.45) is 5.92 Å². The maximum atomic E-state index is 3.55. The fourth-order valence-electron chi connectivity index (χ4n) is 1.83. The Labute approximate surface area is 104 Å². The van der Waals surface area contributed by atoms with Crippen LogP contribution in [0.4, 0.5) is 5.69 Å². The molecule has 2 rings (SSSR count). The van der Waals surface area contributed by atoms with Crippen molar-refractivity contribution in [2.45, 2.75) is 6.42 Å². The van der Waals surface area contributed by atoms with Crippen molar-refractivity contribution >= 4 is 38.6 Å². The van der Waals surface area contributed by atoms with Gasteiger partial charge in [-0.2, -0.15) is 0 Å². The van der Waals surface area contributed by atoms with Crippen LogP contribution in [0.2, 0.25) is 0 Å². The fraction of sp³-hybridized carbons (Fsp3) is 0.455. The van der Waals surface area contributed by atoms with Gasteiger partial charge in [0.1, 0.15) is 0 Å². The van der Waals surface area contributed by atoms with Crippen molar-refractivity contribution in [3.8, 4) is 0 Å². The molecule has 0 aromatic heterocycles. The molecule has 1 aromatic rings. The molecular formula is C11H15Br2N. The highest BCUT2D eigenvalue weighted by atomic mass is 79.9. The van der Waals surface area contributed by atoms with Crippen molar-refractivity contribution in [2.75, 3.05) is 23.3 Å². The zero-order valence-corrected chi connectivity index (χ0v) is 11.3. The lowest BCUT2D eigenvalue weighted by Gasteiger charge is -2.17. The summed E-state index contributed by atoms with van der Waals surface area (Å²) < 4.78 is 0. The van der Waals surface area contributed by atoms with Crippen molar-refractivity contribution in [1.82, 2.24) is 0 Å². The van der Waals surface area contributed by atoms with Crippen LogP contribution in [0.25, 0.3) is 0 Å². The molecule has 0 spiro atoms. The number of para-hydroxylation sites is 1. The smallest absolute Gasteiger partial charge is 0.0366 e. The third-order valence-electron chi connectivity index (χ3n) is 2.63. The molecule has 1 aliphatic heterocycles. The standard InChI is InChI=1S/C11H14BrN.BrH/c12-8-10-6-7-13(9-10)11-4-2-1-3-5-11;/h1-5,10H,6-9H2;1H. The van der Waals surface area contributed by atoms with Gasteiger partial charge in [0.2, 0.25) is 0 Å². The van der Waals surface area contributed by atoms with Crippen molar-refractivity contribution in [3.63, 3.8) is 0 Å². The molecule has 0 saturated carbocycles. The average molecular weight is 321 g/mol. The molecule has 0 N–H and O–H groups in total. The molecule has 3 heteroatoms. The highest BCUT2D eigenvalue weighted by Crippen LogP contribution is 2.24. The first kappa shape index (κ1) is 12.1. The Morgan fingerprint density at radius 3 is 2.57 bits per heavy atom. The minimum atomic E-state index is 0. The van der Waals surface area contributed by atoms with Crippen molar-refractivity contribution in [3.05, 3.63) is 30.3 Å². The molecule has 78 valence electrons. The van der Waals surface area contributed by atoms with Crippen LogP contribution in [-0.4, -0.2) is 18.4 Å². The van der Waals surface area contributed by atoms with Gasteiger partial charge in [-0.25, -0.2) is 0 Å². The topological polar surface area (TPSA) is 3.24 Å². The molecule has 0 aliphatic carbocycles. The SMILES string of the molecule is Br.BrCC1CCN(c2ccccc2)C1. The molecule has 0 bridgehead atoms. The molecule has 1 heterocycles. The summed E-state index contributed by atoms with van der Waals surface area (Å²) in [5.74, 6) is 0.834. The van der Waals surface area contributed by atoms with Crippen LogP contribution in [0.5, 0.6) is 0 Å². The third-order valence-corrected chi connectivity index (χ3v) is 3.54. The van der Waals surface area contributed by atoms with Crippen LogP contribution >= 0.6 is 32.9 Å². The lowest BCUT2D eigenvalue weighted by Crippen LogP contribution is -2.19. The minimum Gasteiger partial charge on any atom is -0.371 e. The van der Waals surface area contributed by atoms with E-state index in [1.165, 1.54) is 25.2 Å². The van der Waals surface area contributed by atoms with Gasteiger partial charge in [-0.15, -0.1) is 17.0 Å². The van der Waals surface area contributed by atoms with E-state index in [4.69, 9.17) is 0 Å². The van der Waals surface area contributed by atoms with Crippen LogP contribution in [0.1, 0.15) is 6.42 Å². The Bertz CT molecular complexity index is 263. The number of rotatable bonds is 2. The Morgan fingerprint density at radius 1 is 1.29 bits per heavy atom. The van der Waals surface area contributed by atoms with Crippen molar-refractivity contribution in [1.29, 1.82) is 0 Å². The zero-order chi connectivity index (χ0) is 9.10. The monoisotopic (exact) mass is 319 g/mol. The second-order valence-electron chi connectivity index (χ2n) is 3.59. The molecule has 1 fully saturated rings. The summed E-state index contributed by atoms with van der Waals surface area (Å²) in [6, 6.07) is 10.7. The van der Waals surface area contributed by atoms with Crippen LogP contribution in [0.3, 0.4) is 0 Å². The maximum Gasteiger partial charge on any atom is 0.0366 e. The van der Waals surface area contributed by atoms with Gasteiger partial charge in [-0.1, -0.05) is 34.1 Å². The van der Waals surface area contributed by atoms with Gasteiger partial charge in [0, 0.05) is 24.1 Å². The normalized spacial score (nSPS) is 20.6. The lowest BCUT2D eigenvalue weighted by molar-refractivity contribution is 0.676. The summed E-state index contributed by atoms with van der Waals surface area (Å²) in [5.41, 5.74) is 1.37. The number of hydrogen-bond donors (Lipinski definition) is 0. The fourth-order valence-corrected chi connectivity index (χ4v) is 2.36. The number of halogens is 2. The van der Waals surface area contributed by atoms with Gasteiger partial charge in [0.05, 0.1) is 0 Å². The summed E-state index contributed by atoms with van der Waals surface area (Å²) in [7, 11) is 0. The number of alkyl halides is 1. The van der Waals surface area contributed by atoms with E-state index in [2.05, 4.69) is 51.2 Å². The predicted octanol–water partition coefficient (Wildman–Crippen LogP) is 3.49. The summed E-state index contributed by atoms with van der Waals surface area (Å²) in [6.45, 7) is 2.41. The first-order valence-corrected chi connectivity index (χ1v) is 5.88. The quantitative estimate of drug-likeness (QED) is 0.754. The highest BCUT2D eigenvalue weighted by molar-refractivity contribution is 9.09. The second-order valence-corrected chi connectivity index (χ2v) is 4.24. The van der Waals surface area contributed by atoms with Crippen molar-refractivity contribution < 1.29 is 0 Å². The van der Waals surface area contributed by atoms with Gasteiger partial charge >= 0.3 is 0 Å². The van der Waals surface area contributed by atoms with Gasteiger partial charge < -0.3 is 4.90 Å².